The van der Waals surface area contributed by atoms with Gasteiger partial charge in [-0.2, -0.15) is 0 Å². The molecule has 1 aromatic carbocycles. The van der Waals surface area contributed by atoms with Crippen molar-refractivity contribution < 1.29 is 4.74 Å². The highest BCUT2D eigenvalue weighted by Crippen LogP contribution is 2.34. The molecule has 1 aromatic rings. The zero-order valence-corrected chi connectivity index (χ0v) is 10.9. The SMILES string of the molecule is CC1OCCC1Sc1ccc(CN)c(Cl)c1. The van der Waals surface area contributed by atoms with Crippen LogP contribution in [-0.4, -0.2) is 18.0 Å². The highest BCUT2D eigenvalue weighted by molar-refractivity contribution is 8.00. The Balaban J connectivity index is 2.07. The summed E-state index contributed by atoms with van der Waals surface area (Å²) in [7, 11) is 0. The van der Waals surface area contributed by atoms with E-state index in [-0.39, 0.29) is 0 Å². The van der Waals surface area contributed by atoms with Gasteiger partial charge in [-0.05, 0) is 31.0 Å². The first-order valence-electron chi connectivity index (χ1n) is 5.47. The molecular formula is C12H16ClNOS. The zero-order valence-electron chi connectivity index (χ0n) is 9.28. The van der Waals surface area contributed by atoms with Crippen molar-refractivity contribution in [1.82, 2.24) is 0 Å². The Morgan fingerprint density at radius 1 is 1.56 bits per heavy atom. The van der Waals surface area contributed by atoms with E-state index >= 15 is 0 Å². The van der Waals surface area contributed by atoms with Gasteiger partial charge in [0.1, 0.15) is 0 Å². The van der Waals surface area contributed by atoms with Crippen molar-refractivity contribution in [3.05, 3.63) is 28.8 Å². The summed E-state index contributed by atoms with van der Waals surface area (Å²) in [4.78, 5) is 1.20. The van der Waals surface area contributed by atoms with Gasteiger partial charge in [0.15, 0.2) is 0 Å². The molecule has 2 unspecified atom stereocenters. The minimum absolute atomic E-state index is 0.331. The van der Waals surface area contributed by atoms with E-state index in [1.807, 2.05) is 23.9 Å². The van der Waals surface area contributed by atoms with Gasteiger partial charge >= 0.3 is 0 Å². The number of rotatable bonds is 3. The highest BCUT2D eigenvalue weighted by atomic mass is 35.5. The van der Waals surface area contributed by atoms with E-state index in [9.17, 15) is 0 Å². The molecule has 0 aliphatic carbocycles. The molecule has 1 fully saturated rings. The first-order chi connectivity index (χ1) is 7.70. The Kier molecular flexibility index (Phi) is 4.14. The summed E-state index contributed by atoms with van der Waals surface area (Å²) < 4.78 is 5.54. The lowest BCUT2D eigenvalue weighted by atomic mass is 10.2. The molecule has 1 aliphatic rings. The third-order valence-electron chi connectivity index (χ3n) is 2.84. The predicted molar refractivity (Wildman–Crippen MR) is 69.0 cm³/mol. The van der Waals surface area contributed by atoms with E-state index in [1.165, 1.54) is 4.90 Å². The van der Waals surface area contributed by atoms with Crippen LogP contribution in [0.15, 0.2) is 23.1 Å². The molecular weight excluding hydrogens is 242 g/mol. The summed E-state index contributed by atoms with van der Waals surface area (Å²) in [5.41, 5.74) is 6.58. The van der Waals surface area contributed by atoms with Crippen LogP contribution in [0, 0.1) is 0 Å². The number of hydrogen-bond acceptors (Lipinski definition) is 3. The molecule has 0 saturated carbocycles. The highest BCUT2D eigenvalue weighted by Gasteiger charge is 2.25. The van der Waals surface area contributed by atoms with E-state index in [1.54, 1.807) is 0 Å². The summed E-state index contributed by atoms with van der Waals surface area (Å²) in [6.07, 6.45) is 1.44. The maximum Gasteiger partial charge on any atom is 0.0669 e. The monoisotopic (exact) mass is 257 g/mol. The molecule has 2 atom stereocenters. The molecule has 2 nitrogen and oxygen atoms in total. The molecule has 2 rings (SSSR count). The normalized spacial score (nSPS) is 24.9. The van der Waals surface area contributed by atoms with Crippen molar-refractivity contribution in [3.8, 4) is 0 Å². The van der Waals surface area contributed by atoms with Crippen molar-refractivity contribution in [3.63, 3.8) is 0 Å². The van der Waals surface area contributed by atoms with Crippen molar-refractivity contribution in [1.29, 1.82) is 0 Å². The second-order valence-corrected chi connectivity index (χ2v) is 5.70. The van der Waals surface area contributed by atoms with Crippen LogP contribution in [0.1, 0.15) is 18.9 Å². The molecule has 16 heavy (non-hydrogen) atoms. The summed E-state index contributed by atoms with van der Waals surface area (Å²) in [6.45, 7) is 3.49. The molecule has 0 bridgehead atoms. The number of thioether (sulfide) groups is 1. The Morgan fingerprint density at radius 2 is 2.38 bits per heavy atom. The van der Waals surface area contributed by atoms with Crippen LogP contribution in [-0.2, 0) is 11.3 Å². The van der Waals surface area contributed by atoms with Crippen LogP contribution in [0.5, 0.6) is 0 Å². The Hall–Kier alpha value is -0.220. The standard InChI is InChI=1S/C12H16ClNOS/c1-8-12(4-5-15-8)16-10-3-2-9(7-14)11(13)6-10/h2-3,6,8,12H,4-5,7,14H2,1H3. The van der Waals surface area contributed by atoms with Gasteiger partial charge in [0, 0.05) is 28.3 Å². The van der Waals surface area contributed by atoms with Crippen LogP contribution in [0.4, 0.5) is 0 Å². The van der Waals surface area contributed by atoms with Gasteiger partial charge in [0.2, 0.25) is 0 Å². The molecule has 2 N–H and O–H groups in total. The quantitative estimate of drug-likeness (QED) is 0.904. The molecule has 4 heteroatoms. The summed E-state index contributed by atoms with van der Waals surface area (Å²) >= 11 is 7.97. The smallest absolute Gasteiger partial charge is 0.0669 e. The minimum atomic E-state index is 0.331. The van der Waals surface area contributed by atoms with E-state index in [2.05, 4.69) is 13.0 Å². The fourth-order valence-corrected chi connectivity index (χ4v) is 3.30. The maximum absolute atomic E-state index is 6.13. The molecule has 0 amide bonds. The van der Waals surface area contributed by atoms with Crippen LogP contribution in [0.2, 0.25) is 5.02 Å². The summed E-state index contributed by atoms with van der Waals surface area (Å²) in [5.74, 6) is 0. The number of ether oxygens (including phenoxy) is 1. The van der Waals surface area contributed by atoms with Gasteiger partial charge in [0.25, 0.3) is 0 Å². The lowest BCUT2D eigenvalue weighted by Crippen LogP contribution is -2.12. The number of benzene rings is 1. The Bertz CT molecular complexity index is 372. The van der Waals surface area contributed by atoms with E-state index in [0.717, 1.165) is 23.6 Å². The van der Waals surface area contributed by atoms with Gasteiger partial charge in [0.05, 0.1) is 6.10 Å². The number of hydrogen-bond donors (Lipinski definition) is 1. The third-order valence-corrected chi connectivity index (χ3v) is 4.64. The van der Waals surface area contributed by atoms with Gasteiger partial charge in [-0.1, -0.05) is 17.7 Å². The van der Waals surface area contributed by atoms with Gasteiger partial charge in [-0.3, -0.25) is 0 Å². The second kappa shape index (κ2) is 5.41. The van der Waals surface area contributed by atoms with Crippen molar-refractivity contribution >= 4 is 23.4 Å². The summed E-state index contributed by atoms with van der Waals surface area (Å²) in [5, 5.41) is 1.30. The Labute approximate surface area is 105 Å². The van der Waals surface area contributed by atoms with E-state index in [0.29, 0.717) is 17.9 Å². The molecule has 88 valence electrons. The molecule has 1 heterocycles. The number of nitrogens with two attached hydrogens (primary N) is 1. The summed E-state index contributed by atoms with van der Waals surface area (Å²) in [6, 6.07) is 6.09. The Morgan fingerprint density at radius 3 is 2.94 bits per heavy atom. The lowest BCUT2D eigenvalue weighted by molar-refractivity contribution is 0.127. The topological polar surface area (TPSA) is 35.2 Å². The first kappa shape index (κ1) is 12.2. The van der Waals surface area contributed by atoms with Gasteiger partial charge in [-0.15, -0.1) is 11.8 Å². The minimum Gasteiger partial charge on any atom is -0.377 e. The molecule has 0 radical (unpaired) electrons. The fraction of sp³-hybridized carbons (Fsp3) is 0.500. The lowest BCUT2D eigenvalue weighted by Gasteiger charge is -2.14. The molecule has 0 spiro atoms. The zero-order chi connectivity index (χ0) is 11.5. The van der Waals surface area contributed by atoms with Crippen LogP contribution >= 0.6 is 23.4 Å². The van der Waals surface area contributed by atoms with Gasteiger partial charge < -0.3 is 10.5 Å². The number of halogens is 1. The van der Waals surface area contributed by atoms with Crippen molar-refractivity contribution in [2.75, 3.05) is 6.61 Å². The molecule has 0 aromatic heterocycles. The van der Waals surface area contributed by atoms with E-state index in [4.69, 9.17) is 22.1 Å². The van der Waals surface area contributed by atoms with Crippen LogP contribution in [0.3, 0.4) is 0 Å². The second-order valence-electron chi connectivity index (χ2n) is 3.98. The van der Waals surface area contributed by atoms with Crippen molar-refractivity contribution in [2.24, 2.45) is 5.73 Å². The molecule has 1 aliphatic heterocycles. The third kappa shape index (κ3) is 2.72. The first-order valence-corrected chi connectivity index (χ1v) is 6.73. The van der Waals surface area contributed by atoms with Crippen molar-refractivity contribution in [2.45, 2.75) is 36.1 Å². The predicted octanol–water partition coefficient (Wildman–Crippen LogP) is 3.07. The average Bonchev–Trinajstić information content (AvgIpc) is 2.65. The fourth-order valence-electron chi connectivity index (χ4n) is 1.81. The van der Waals surface area contributed by atoms with Crippen LogP contribution < -0.4 is 5.73 Å². The molecule has 1 saturated heterocycles. The van der Waals surface area contributed by atoms with E-state index < -0.39 is 0 Å². The van der Waals surface area contributed by atoms with Crippen LogP contribution in [0.25, 0.3) is 0 Å². The van der Waals surface area contributed by atoms with Gasteiger partial charge in [-0.25, -0.2) is 0 Å². The average molecular weight is 258 g/mol. The largest absolute Gasteiger partial charge is 0.377 e. The maximum atomic E-state index is 6.13.